The molecule has 0 saturated carbocycles. The Bertz CT molecular complexity index is 3320. The van der Waals surface area contributed by atoms with Gasteiger partial charge < -0.3 is 40.1 Å². The highest BCUT2D eigenvalue weighted by Crippen LogP contribution is 2.45. The molecule has 2 unspecified atom stereocenters. The second-order valence-corrected chi connectivity index (χ2v) is 21.5. The molecule has 2 fully saturated rings. The van der Waals surface area contributed by atoms with E-state index in [1.165, 1.54) is 24.1 Å². The lowest BCUT2D eigenvalue weighted by molar-refractivity contribution is -0.152. The van der Waals surface area contributed by atoms with Gasteiger partial charge in [0.1, 0.15) is 42.1 Å². The molecule has 83 heavy (non-hydrogen) atoms. The first kappa shape index (κ1) is 59.6. The molecule has 0 spiro atoms. The van der Waals surface area contributed by atoms with Crippen molar-refractivity contribution in [3.05, 3.63) is 173 Å². The van der Waals surface area contributed by atoms with Gasteiger partial charge in [0.05, 0.1) is 38.5 Å². The predicted octanol–water partition coefficient (Wildman–Crippen LogP) is 6.58. The number of anilines is 2. The number of carbonyl (C=O) groups is 10. The third-order valence-electron chi connectivity index (χ3n) is 13.9. The zero-order chi connectivity index (χ0) is 59.6. The summed E-state index contributed by atoms with van der Waals surface area (Å²) in [5, 5.41) is 8.68. The SMILES string of the molecule is CC[N+]1(c2ccccc2NC(=O)OCC(C(=O)OC)(c2ccccc2)c2ccccc2NC(=O)OC(C)(C)C)CCN(C(=O)NCC(=O)N[C@H]2S[C@H]3CC(=O)N3C(C(=O)OC(c3ccccc3)c3ccccc3)=C2COC(N)=O)C(=O)C1=O. The molecular weight excluding hydrogens is 1090 g/mol. The summed E-state index contributed by atoms with van der Waals surface area (Å²) in [6.07, 6.45) is -4.05. The van der Waals surface area contributed by atoms with Crippen LogP contribution in [0.1, 0.15) is 62.5 Å². The molecule has 0 radical (unpaired) electrons. The van der Waals surface area contributed by atoms with E-state index in [-0.39, 0.29) is 60.0 Å². The number of thioether (sulfide) groups is 1. The molecule has 9 amide bonds. The van der Waals surface area contributed by atoms with E-state index < -0.39 is 112 Å². The minimum absolute atomic E-state index is 0.0112. The summed E-state index contributed by atoms with van der Waals surface area (Å²) in [5.41, 5.74) is 4.46. The number of benzene rings is 5. The number of nitrogens with zero attached hydrogens (tertiary/aromatic N) is 3. The smallest absolute Gasteiger partial charge is 0.412 e. The molecule has 23 nitrogen and oxygen atoms in total. The van der Waals surface area contributed by atoms with Crippen molar-refractivity contribution < 1.29 is 71.6 Å². The monoisotopic (exact) mass is 1150 g/mol. The zero-order valence-electron chi connectivity index (χ0n) is 45.9. The Labute approximate surface area is 481 Å². The quantitative estimate of drug-likeness (QED) is 0.0204. The van der Waals surface area contributed by atoms with Gasteiger partial charge in [0.2, 0.25) is 11.8 Å². The molecule has 2 saturated heterocycles. The number of para-hydroxylation sites is 3. The summed E-state index contributed by atoms with van der Waals surface area (Å²) in [4.78, 5) is 138. The van der Waals surface area contributed by atoms with E-state index >= 15 is 0 Å². The predicted molar refractivity (Wildman–Crippen MR) is 302 cm³/mol. The first-order chi connectivity index (χ1) is 39.7. The third-order valence-corrected chi connectivity index (χ3v) is 15.3. The van der Waals surface area contributed by atoms with Crippen molar-refractivity contribution in [3.63, 3.8) is 0 Å². The van der Waals surface area contributed by atoms with Gasteiger partial charge in [0.25, 0.3) is 0 Å². The summed E-state index contributed by atoms with van der Waals surface area (Å²) in [6, 6.07) is 37.6. The van der Waals surface area contributed by atoms with E-state index in [2.05, 4.69) is 21.3 Å². The van der Waals surface area contributed by atoms with Crippen LogP contribution >= 0.6 is 11.8 Å². The van der Waals surface area contributed by atoms with Gasteiger partial charge in [-0.2, -0.15) is 0 Å². The van der Waals surface area contributed by atoms with Gasteiger partial charge in [0, 0.05) is 22.9 Å². The van der Waals surface area contributed by atoms with E-state index in [0.29, 0.717) is 21.6 Å². The van der Waals surface area contributed by atoms with Gasteiger partial charge in [-0.15, -0.1) is 11.8 Å². The number of carbonyl (C=O) groups excluding carboxylic acids is 10. The van der Waals surface area contributed by atoms with Gasteiger partial charge in [-0.05, 0) is 56.5 Å². The fraction of sp³-hybridized carbons (Fsp3) is 0.288. The van der Waals surface area contributed by atoms with Crippen molar-refractivity contribution in [2.75, 3.05) is 57.1 Å². The molecule has 3 aliphatic rings. The summed E-state index contributed by atoms with van der Waals surface area (Å²) < 4.78 is 27.3. The van der Waals surface area contributed by atoms with Gasteiger partial charge in [-0.3, -0.25) is 34.7 Å². The maximum atomic E-state index is 14.4. The summed E-state index contributed by atoms with van der Waals surface area (Å²) in [6.45, 7) is 4.13. The van der Waals surface area contributed by atoms with Gasteiger partial charge in [-0.25, -0.2) is 38.2 Å². The Hall–Kier alpha value is -9.55. The molecule has 3 aliphatic heterocycles. The number of methoxy groups -OCH3 is 1. The lowest BCUT2D eigenvalue weighted by Crippen LogP contribution is -2.69. The van der Waals surface area contributed by atoms with Crippen molar-refractivity contribution in [1.29, 1.82) is 0 Å². The summed E-state index contributed by atoms with van der Waals surface area (Å²) in [5.74, 6) is -5.33. The van der Waals surface area contributed by atoms with Crippen LogP contribution in [-0.4, -0.2) is 133 Å². The van der Waals surface area contributed by atoms with Crippen LogP contribution in [0.3, 0.4) is 0 Å². The Kier molecular flexibility index (Phi) is 18.3. The molecular formula is C59H61N8O15S+. The zero-order valence-corrected chi connectivity index (χ0v) is 46.7. The largest absolute Gasteiger partial charge is 0.468 e. The minimum atomic E-state index is -1.87. The number of hydrogen-bond donors (Lipinski definition) is 5. The average Bonchev–Trinajstić information content (AvgIpc) is 3.54. The van der Waals surface area contributed by atoms with Gasteiger partial charge in [-0.1, -0.05) is 121 Å². The van der Waals surface area contributed by atoms with Crippen molar-refractivity contribution in [2.24, 2.45) is 5.73 Å². The fourth-order valence-electron chi connectivity index (χ4n) is 9.94. The van der Waals surface area contributed by atoms with Crippen LogP contribution in [0.2, 0.25) is 0 Å². The summed E-state index contributed by atoms with van der Waals surface area (Å²) >= 11 is 1.06. The van der Waals surface area contributed by atoms with Crippen LogP contribution in [-0.2, 0) is 57.9 Å². The molecule has 432 valence electrons. The Balaban J connectivity index is 0.963. The topological polar surface area (TPSA) is 297 Å². The van der Waals surface area contributed by atoms with E-state index in [4.69, 9.17) is 29.4 Å². The summed E-state index contributed by atoms with van der Waals surface area (Å²) in [7, 11) is 1.17. The number of quaternary nitrogens is 1. The number of likely N-dealkylation sites (N-methyl/N-ethyl adjacent to an activating group) is 1. The normalized spacial score (nSPS) is 18.3. The number of nitrogens with two attached hydrogens (primary N) is 1. The fourth-order valence-corrected chi connectivity index (χ4v) is 11.4. The van der Waals surface area contributed by atoms with Crippen molar-refractivity contribution in [2.45, 2.75) is 62.0 Å². The highest BCUT2D eigenvalue weighted by Gasteiger charge is 2.53. The lowest BCUT2D eigenvalue weighted by atomic mass is 9.74. The van der Waals surface area contributed by atoms with Crippen LogP contribution in [0.25, 0.3) is 0 Å². The molecule has 24 heteroatoms. The number of fused-ring (bicyclic) bond motifs is 1. The Morgan fingerprint density at radius 1 is 0.759 bits per heavy atom. The average molecular weight is 1150 g/mol. The van der Waals surface area contributed by atoms with E-state index in [1.807, 2.05) is 0 Å². The molecule has 5 aromatic rings. The second kappa shape index (κ2) is 25.5. The second-order valence-electron chi connectivity index (χ2n) is 20.2. The maximum Gasteiger partial charge on any atom is 0.412 e. The highest BCUT2D eigenvalue weighted by atomic mass is 32.2. The number of rotatable bonds is 18. The molecule has 0 aliphatic carbocycles. The van der Waals surface area contributed by atoms with Crippen LogP contribution < -0.4 is 31.5 Å². The number of imide groups is 1. The number of β-lactam (4-membered cyclic amide) rings is 1. The third kappa shape index (κ3) is 13.0. The molecule has 6 N–H and O–H groups in total. The number of amides is 9. The number of ether oxygens (including phenoxy) is 5. The number of urea groups is 1. The van der Waals surface area contributed by atoms with E-state index in [1.54, 1.807) is 155 Å². The lowest BCUT2D eigenvalue weighted by Gasteiger charge is -2.47. The first-order valence-corrected chi connectivity index (χ1v) is 27.2. The molecule has 0 bridgehead atoms. The first-order valence-electron chi connectivity index (χ1n) is 26.2. The molecule has 0 aromatic heterocycles. The van der Waals surface area contributed by atoms with Crippen LogP contribution in [0.4, 0.5) is 36.2 Å². The number of hydrogen-bond acceptors (Lipinski definition) is 16. The van der Waals surface area contributed by atoms with Crippen LogP contribution in [0.5, 0.6) is 0 Å². The number of nitrogens with one attached hydrogen (secondary N) is 4. The van der Waals surface area contributed by atoms with Crippen LogP contribution in [0, 0.1) is 0 Å². The van der Waals surface area contributed by atoms with Crippen molar-refractivity contribution in [3.8, 4) is 0 Å². The van der Waals surface area contributed by atoms with Crippen molar-refractivity contribution >= 4 is 88.7 Å². The number of piperazine rings is 1. The standard InChI is InChI=1S/C59H60N8O15S/c1-6-67(43-29-19-18-28-42(43)63-56(76)80-35-59(53(73)78-5,38-24-14-9-15-25-38)40-26-16-17-27-41(40)62-57(77)82-58(2,3)4)31-30-65(50(70)51(67)71)55(75)61-33-44(68)64-49-39(34-79-54(60)74)47(66-45(69)32-46(66)83-49)52(72)81-48(36-20-10-7-11-21-36)37-22-12-8-13-23-37/h7-29,46,48-49H,6,30-35H2,1-5H3,(H5-,60,61,62,63,64,68,74,75,76,77)/p+1/t46-,49-,59?,67?/m0/s1. The number of esters is 2. The van der Waals surface area contributed by atoms with E-state index in [9.17, 15) is 47.9 Å². The molecule has 4 atom stereocenters. The number of primary amides is 1. The van der Waals surface area contributed by atoms with Crippen LogP contribution in [0.15, 0.2) is 151 Å². The van der Waals surface area contributed by atoms with E-state index in [0.717, 1.165) is 11.8 Å². The van der Waals surface area contributed by atoms with Gasteiger partial charge >= 0.3 is 48.1 Å². The molecule has 8 rings (SSSR count). The van der Waals surface area contributed by atoms with Gasteiger partial charge in [0.15, 0.2) is 17.2 Å². The Morgan fingerprint density at radius 2 is 1.35 bits per heavy atom. The Morgan fingerprint density at radius 3 is 1.95 bits per heavy atom. The van der Waals surface area contributed by atoms with Crippen molar-refractivity contribution in [1.82, 2.24) is 24.9 Å². The molecule has 3 heterocycles. The molecule has 5 aromatic carbocycles. The minimum Gasteiger partial charge on any atom is -0.468 e. The maximum absolute atomic E-state index is 14.4. The highest BCUT2D eigenvalue weighted by molar-refractivity contribution is 8.00.